The summed E-state index contributed by atoms with van der Waals surface area (Å²) in [7, 11) is 3.52. The molecule has 0 aliphatic rings. The average molecular weight is 325 g/mol. The number of guanidine groups is 1. The molecule has 0 radical (unpaired) electrons. The minimum absolute atomic E-state index is 0.102. The Hall–Kier alpha value is -1.63. The van der Waals surface area contributed by atoms with Crippen molar-refractivity contribution in [2.24, 2.45) is 4.99 Å². The number of thiazole rings is 1. The molecule has 0 spiro atoms. The summed E-state index contributed by atoms with van der Waals surface area (Å²) in [6, 6.07) is 0. The van der Waals surface area contributed by atoms with Crippen LogP contribution in [0.1, 0.15) is 43.8 Å². The first-order valence-electron chi connectivity index (χ1n) is 7.60. The van der Waals surface area contributed by atoms with Crippen LogP contribution in [0.3, 0.4) is 0 Å². The largest absolute Gasteiger partial charge is 0.357 e. The normalized spacial score (nSPS) is 11.6. The van der Waals surface area contributed by atoms with Gasteiger partial charge in [-0.2, -0.15) is 0 Å². The molecule has 1 rings (SSSR count). The van der Waals surface area contributed by atoms with Crippen LogP contribution in [0.4, 0.5) is 0 Å². The number of carbonyl (C=O) groups excluding carboxylic acids is 1. The van der Waals surface area contributed by atoms with Crippen LogP contribution < -0.4 is 10.6 Å². The number of nitrogens with one attached hydrogen (secondary N) is 2. The van der Waals surface area contributed by atoms with Gasteiger partial charge in [-0.3, -0.25) is 4.79 Å². The molecule has 0 bridgehead atoms. The smallest absolute Gasteiger partial charge is 0.223 e. The molecule has 7 heteroatoms. The van der Waals surface area contributed by atoms with E-state index in [1.165, 1.54) is 0 Å². The Labute approximate surface area is 137 Å². The third kappa shape index (κ3) is 6.43. The first-order chi connectivity index (χ1) is 10.4. The molecule has 0 atom stereocenters. The van der Waals surface area contributed by atoms with Crippen LogP contribution in [0.15, 0.2) is 10.4 Å². The van der Waals surface area contributed by atoms with Crippen LogP contribution >= 0.6 is 11.3 Å². The van der Waals surface area contributed by atoms with E-state index in [4.69, 9.17) is 0 Å². The number of hydrogen-bond acceptors (Lipinski definition) is 4. The molecule has 124 valence electrons. The molecule has 1 aromatic rings. The van der Waals surface area contributed by atoms with E-state index in [9.17, 15) is 4.79 Å². The monoisotopic (exact) mass is 325 g/mol. The van der Waals surface area contributed by atoms with Crippen LogP contribution in [0.25, 0.3) is 0 Å². The number of carbonyl (C=O) groups is 1. The molecule has 1 amide bonds. The summed E-state index contributed by atoms with van der Waals surface area (Å²) in [5.74, 6) is 1.26. The second kappa shape index (κ2) is 9.40. The number of rotatable bonds is 7. The molecule has 0 aromatic carbocycles. The van der Waals surface area contributed by atoms with Gasteiger partial charge in [0.1, 0.15) is 5.01 Å². The predicted molar refractivity (Wildman–Crippen MR) is 92.3 cm³/mol. The van der Waals surface area contributed by atoms with Crippen LogP contribution in [-0.2, 0) is 11.3 Å². The van der Waals surface area contributed by atoms with Crippen molar-refractivity contribution in [1.82, 2.24) is 20.5 Å². The lowest BCUT2D eigenvalue weighted by Crippen LogP contribution is -2.39. The summed E-state index contributed by atoms with van der Waals surface area (Å²) in [5.41, 5.74) is 1.12. The SMILES string of the molecule is CCNC(=NCc1nc(C(C)C)cs1)NCCC(=O)N(C)C. The summed E-state index contributed by atoms with van der Waals surface area (Å²) in [4.78, 5) is 22.2. The van der Waals surface area contributed by atoms with Crippen LogP contribution in [0, 0.1) is 0 Å². The van der Waals surface area contributed by atoms with E-state index >= 15 is 0 Å². The maximum atomic E-state index is 11.5. The fourth-order valence-corrected chi connectivity index (χ4v) is 2.54. The molecular weight excluding hydrogens is 298 g/mol. The van der Waals surface area contributed by atoms with E-state index in [0.29, 0.717) is 25.4 Å². The van der Waals surface area contributed by atoms with Gasteiger partial charge in [0, 0.05) is 39.0 Å². The Balaban J connectivity index is 2.52. The molecule has 1 heterocycles. The minimum Gasteiger partial charge on any atom is -0.357 e. The van der Waals surface area contributed by atoms with Gasteiger partial charge in [-0.15, -0.1) is 11.3 Å². The van der Waals surface area contributed by atoms with E-state index in [-0.39, 0.29) is 5.91 Å². The quantitative estimate of drug-likeness (QED) is 0.592. The lowest BCUT2D eigenvalue weighted by Gasteiger charge is -2.13. The minimum atomic E-state index is 0.102. The van der Waals surface area contributed by atoms with Crippen molar-refractivity contribution in [3.8, 4) is 0 Å². The molecule has 0 saturated heterocycles. The molecular formula is C15H27N5OS. The van der Waals surface area contributed by atoms with Gasteiger partial charge in [-0.05, 0) is 12.8 Å². The van der Waals surface area contributed by atoms with Gasteiger partial charge in [-0.1, -0.05) is 13.8 Å². The van der Waals surface area contributed by atoms with Crippen molar-refractivity contribution in [1.29, 1.82) is 0 Å². The third-order valence-electron chi connectivity index (χ3n) is 3.01. The molecule has 0 saturated carbocycles. The van der Waals surface area contributed by atoms with Crippen LogP contribution in [0.5, 0.6) is 0 Å². The summed E-state index contributed by atoms with van der Waals surface area (Å²) < 4.78 is 0. The first kappa shape index (κ1) is 18.4. The van der Waals surface area contributed by atoms with Gasteiger partial charge in [0.15, 0.2) is 5.96 Å². The van der Waals surface area contributed by atoms with Crippen molar-refractivity contribution >= 4 is 23.2 Å². The Bertz CT molecular complexity index is 496. The molecule has 0 unspecified atom stereocenters. The average Bonchev–Trinajstić information content (AvgIpc) is 2.93. The van der Waals surface area contributed by atoms with E-state index < -0.39 is 0 Å². The van der Waals surface area contributed by atoms with Crippen LogP contribution in [-0.4, -0.2) is 48.9 Å². The molecule has 0 aliphatic heterocycles. The summed E-state index contributed by atoms with van der Waals surface area (Å²) in [6.45, 7) is 8.18. The maximum Gasteiger partial charge on any atom is 0.223 e. The van der Waals surface area contributed by atoms with Crippen molar-refractivity contribution in [3.63, 3.8) is 0 Å². The van der Waals surface area contributed by atoms with Crippen molar-refractivity contribution < 1.29 is 4.79 Å². The standard InChI is InChI=1S/C15H27N5OS/c1-6-16-15(17-8-7-14(21)20(4)5)18-9-13-19-12(10-22-13)11(2)3/h10-11H,6-9H2,1-5H3,(H2,16,17,18). The highest BCUT2D eigenvalue weighted by Crippen LogP contribution is 2.18. The molecule has 1 aromatic heterocycles. The van der Waals surface area contributed by atoms with E-state index in [1.54, 1.807) is 30.3 Å². The van der Waals surface area contributed by atoms with E-state index in [0.717, 1.165) is 23.2 Å². The van der Waals surface area contributed by atoms with Gasteiger partial charge in [0.05, 0.1) is 12.2 Å². The second-order valence-corrected chi connectivity index (χ2v) is 6.42. The number of nitrogens with zero attached hydrogens (tertiary/aromatic N) is 3. The van der Waals surface area contributed by atoms with Gasteiger partial charge in [0.2, 0.25) is 5.91 Å². The summed E-state index contributed by atoms with van der Waals surface area (Å²) >= 11 is 1.64. The third-order valence-corrected chi connectivity index (χ3v) is 3.86. The van der Waals surface area contributed by atoms with Crippen LogP contribution in [0.2, 0.25) is 0 Å². The van der Waals surface area contributed by atoms with E-state index in [1.807, 2.05) is 6.92 Å². The Morgan fingerprint density at radius 1 is 1.41 bits per heavy atom. The molecule has 22 heavy (non-hydrogen) atoms. The number of amides is 1. The van der Waals surface area contributed by atoms with Gasteiger partial charge in [0.25, 0.3) is 0 Å². The number of hydrogen-bond donors (Lipinski definition) is 2. The highest BCUT2D eigenvalue weighted by molar-refractivity contribution is 7.09. The summed E-state index contributed by atoms with van der Waals surface area (Å²) in [5, 5.41) is 9.44. The highest BCUT2D eigenvalue weighted by Gasteiger charge is 2.07. The Morgan fingerprint density at radius 2 is 2.14 bits per heavy atom. The van der Waals surface area contributed by atoms with E-state index in [2.05, 4.69) is 39.8 Å². The van der Waals surface area contributed by atoms with Gasteiger partial charge < -0.3 is 15.5 Å². The molecule has 6 nitrogen and oxygen atoms in total. The zero-order valence-corrected chi connectivity index (χ0v) is 15.0. The van der Waals surface area contributed by atoms with Crippen molar-refractivity contribution in [2.45, 2.75) is 39.7 Å². The molecule has 0 aliphatic carbocycles. The van der Waals surface area contributed by atoms with Gasteiger partial charge in [-0.25, -0.2) is 9.98 Å². The fourth-order valence-electron chi connectivity index (χ4n) is 1.66. The second-order valence-electron chi connectivity index (χ2n) is 5.48. The highest BCUT2D eigenvalue weighted by atomic mass is 32.1. The lowest BCUT2D eigenvalue weighted by molar-refractivity contribution is -0.128. The molecule has 0 fully saturated rings. The number of aliphatic imine (C=N–C) groups is 1. The Kier molecular flexibility index (Phi) is 7.87. The fraction of sp³-hybridized carbons (Fsp3) is 0.667. The predicted octanol–water partition coefficient (Wildman–Crippen LogP) is 1.80. The summed E-state index contributed by atoms with van der Waals surface area (Å²) in [6.07, 6.45) is 0.451. The first-order valence-corrected chi connectivity index (χ1v) is 8.48. The van der Waals surface area contributed by atoms with Crippen molar-refractivity contribution in [3.05, 3.63) is 16.1 Å². The topological polar surface area (TPSA) is 69.6 Å². The van der Waals surface area contributed by atoms with Crippen molar-refractivity contribution in [2.75, 3.05) is 27.2 Å². The zero-order chi connectivity index (χ0) is 16.5. The lowest BCUT2D eigenvalue weighted by atomic mass is 10.2. The molecule has 2 N–H and O–H groups in total. The zero-order valence-electron chi connectivity index (χ0n) is 14.1. The Morgan fingerprint density at radius 3 is 2.68 bits per heavy atom. The van der Waals surface area contributed by atoms with Gasteiger partial charge >= 0.3 is 0 Å². The maximum absolute atomic E-state index is 11.5. The number of aromatic nitrogens is 1.